The van der Waals surface area contributed by atoms with Gasteiger partial charge in [0.25, 0.3) is 5.69 Å². The van der Waals surface area contributed by atoms with E-state index in [1.54, 1.807) is 35.8 Å². The average molecular weight is 829 g/mol. The van der Waals surface area contributed by atoms with Crippen LogP contribution in [0.2, 0.25) is 0 Å². The summed E-state index contributed by atoms with van der Waals surface area (Å²) < 4.78 is 18.0. The monoisotopic (exact) mass is 828 g/mol. The standard InChI is InChI=1S/C39H40N8O11S/c1-22-12-24-20-59-21-25-13-23(2)15-31(36(25)57-4)42-9-7-11-44(39(42)49)33-17-26(40-34-28(46(52)53)18-27(45(50)51)19-29(34)47(54)55)16-32(37(33)58-5)43-10-6-8-41(38(43)48)30(14-22)35(24)56-3/h12-19,40H,6-11,20-21H2,1-5H3. The molecule has 3 aliphatic heterocycles. The molecule has 0 aromatic heterocycles. The number of thioether (sulfide) groups is 1. The first kappa shape index (κ1) is 40.4. The second-order valence-electron chi connectivity index (χ2n) is 14.1. The third-order valence-corrected chi connectivity index (χ3v) is 11.4. The lowest BCUT2D eigenvalue weighted by Crippen LogP contribution is -2.51. The van der Waals surface area contributed by atoms with Crippen LogP contribution in [0.3, 0.4) is 0 Å². The van der Waals surface area contributed by atoms with Crippen LogP contribution in [0.25, 0.3) is 0 Å². The van der Waals surface area contributed by atoms with Gasteiger partial charge in [0.2, 0.25) is 0 Å². The summed E-state index contributed by atoms with van der Waals surface area (Å²) in [7, 11) is 4.49. The van der Waals surface area contributed by atoms with Crippen LogP contribution in [0.15, 0.2) is 48.5 Å². The first-order valence-electron chi connectivity index (χ1n) is 18.5. The molecule has 7 rings (SSSR count). The summed E-state index contributed by atoms with van der Waals surface area (Å²) in [5, 5.41) is 39.0. The van der Waals surface area contributed by atoms with E-state index in [-0.39, 0.29) is 35.9 Å². The molecule has 0 aliphatic carbocycles. The van der Waals surface area contributed by atoms with Crippen molar-refractivity contribution in [2.24, 2.45) is 0 Å². The molecule has 0 unspecified atom stereocenters. The van der Waals surface area contributed by atoms with Gasteiger partial charge in [-0.1, -0.05) is 12.1 Å². The second kappa shape index (κ2) is 16.2. The molecule has 2 saturated heterocycles. The van der Waals surface area contributed by atoms with Gasteiger partial charge in [-0.3, -0.25) is 49.9 Å². The maximum Gasteiger partial charge on any atom is 0.329 e. The molecule has 4 aromatic rings. The zero-order valence-electron chi connectivity index (χ0n) is 32.8. The highest BCUT2D eigenvalue weighted by atomic mass is 32.2. The first-order chi connectivity index (χ1) is 28.3. The zero-order valence-corrected chi connectivity index (χ0v) is 33.6. The minimum Gasteiger partial charge on any atom is -0.494 e. The molecule has 1 N–H and O–H groups in total. The summed E-state index contributed by atoms with van der Waals surface area (Å²) in [4.78, 5) is 69.1. The number of benzene rings is 4. The number of amides is 4. The summed E-state index contributed by atoms with van der Waals surface area (Å²) in [5.74, 6) is 2.21. The van der Waals surface area contributed by atoms with E-state index in [9.17, 15) is 39.9 Å². The Morgan fingerprint density at radius 3 is 1.32 bits per heavy atom. The van der Waals surface area contributed by atoms with Crippen molar-refractivity contribution < 1.29 is 38.6 Å². The number of rotatable bonds is 8. The molecule has 3 heterocycles. The maximum atomic E-state index is 14.8. The highest BCUT2D eigenvalue weighted by molar-refractivity contribution is 7.97. The lowest BCUT2D eigenvalue weighted by Gasteiger charge is -2.40. The Morgan fingerprint density at radius 2 is 0.966 bits per heavy atom. The average Bonchev–Trinajstić information content (AvgIpc) is 3.19. The minimum absolute atomic E-state index is 0.0111. The second-order valence-corrected chi connectivity index (χ2v) is 15.1. The number of urea groups is 2. The van der Waals surface area contributed by atoms with Crippen LogP contribution in [-0.2, 0) is 11.5 Å². The Labute approximate surface area is 341 Å². The molecular weight excluding hydrogens is 789 g/mol. The summed E-state index contributed by atoms with van der Waals surface area (Å²) >= 11 is 1.64. The molecule has 0 radical (unpaired) electrons. The summed E-state index contributed by atoms with van der Waals surface area (Å²) in [6.07, 6.45) is 0.957. The van der Waals surface area contributed by atoms with Crippen LogP contribution >= 0.6 is 11.8 Å². The summed E-state index contributed by atoms with van der Waals surface area (Å²) in [5.41, 5.74) is 1.53. The van der Waals surface area contributed by atoms with Gasteiger partial charge in [-0.05, 0) is 62.1 Å². The van der Waals surface area contributed by atoms with Gasteiger partial charge in [-0.25, -0.2) is 9.59 Å². The van der Waals surface area contributed by atoms with Crippen molar-refractivity contribution in [2.45, 2.75) is 38.2 Å². The Kier molecular flexibility index (Phi) is 11.1. The van der Waals surface area contributed by atoms with E-state index >= 15 is 0 Å². The van der Waals surface area contributed by atoms with E-state index < -0.39 is 49.6 Å². The third-order valence-electron chi connectivity index (χ3n) is 10.3. The predicted octanol–water partition coefficient (Wildman–Crippen LogP) is 8.22. The highest BCUT2D eigenvalue weighted by Gasteiger charge is 2.38. The molecule has 2 fully saturated rings. The van der Waals surface area contributed by atoms with E-state index in [4.69, 9.17) is 14.2 Å². The van der Waals surface area contributed by atoms with Crippen LogP contribution in [0, 0.1) is 44.2 Å². The normalized spacial score (nSPS) is 15.3. The summed E-state index contributed by atoms with van der Waals surface area (Å²) in [6, 6.07) is 11.0. The van der Waals surface area contributed by atoms with Crippen molar-refractivity contribution >= 4 is 75.0 Å². The third kappa shape index (κ3) is 7.41. The zero-order chi connectivity index (χ0) is 42.3. The molecule has 59 heavy (non-hydrogen) atoms. The predicted molar refractivity (Wildman–Crippen MR) is 223 cm³/mol. The van der Waals surface area contributed by atoms with Crippen LogP contribution < -0.4 is 39.1 Å². The van der Waals surface area contributed by atoms with Crippen molar-refractivity contribution in [3.63, 3.8) is 0 Å². The molecule has 3 aliphatic rings. The number of hydrogen-bond donors (Lipinski definition) is 1. The number of nitro groups is 3. The molecule has 0 spiro atoms. The molecule has 19 nitrogen and oxygen atoms in total. The SMILES string of the molecule is COc1c2cc(C)cc1N1CCCN(C1=O)c1cc(Nc3c([N+](=O)[O-])cc([N+](=O)[O-])cc3[N+](=O)[O-])cc(c1OC)N1CCCN(C1=O)c1cc(C)cc(c1OC)CSC2. The quantitative estimate of drug-likeness (QED) is 0.131. The van der Waals surface area contributed by atoms with Gasteiger partial charge in [0, 0.05) is 54.5 Å². The molecule has 20 heteroatoms. The molecular formula is C39H40N8O11S. The van der Waals surface area contributed by atoms with Gasteiger partial charge in [0.15, 0.2) is 11.4 Å². The molecule has 0 atom stereocenters. The minimum atomic E-state index is -0.966. The topological polar surface area (TPSA) is 216 Å². The van der Waals surface area contributed by atoms with E-state index in [0.29, 0.717) is 72.4 Å². The van der Waals surface area contributed by atoms with E-state index in [2.05, 4.69) is 5.32 Å². The van der Waals surface area contributed by atoms with Gasteiger partial charge < -0.3 is 19.5 Å². The van der Waals surface area contributed by atoms with Gasteiger partial charge >= 0.3 is 23.4 Å². The van der Waals surface area contributed by atoms with Crippen LogP contribution in [0.1, 0.15) is 35.1 Å². The Hall–Kier alpha value is -6.83. The number of hydrogen-bond acceptors (Lipinski definition) is 13. The number of nitrogens with one attached hydrogen (secondary N) is 1. The lowest BCUT2D eigenvalue weighted by atomic mass is 10.1. The Morgan fingerprint density at radius 1 is 0.576 bits per heavy atom. The van der Waals surface area contributed by atoms with Crippen molar-refractivity contribution in [2.75, 3.05) is 72.4 Å². The number of carbonyl (C=O) groups is 2. The van der Waals surface area contributed by atoms with Crippen LogP contribution in [-0.4, -0.2) is 74.3 Å². The number of nitro benzene ring substituents is 3. The Bertz CT molecular complexity index is 2280. The van der Waals surface area contributed by atoms with Crippen molar-refractivity contribution in [1.29, 1.82) is 0 Å². The summed E-state index contributed by atoms with van der Waals surface area (Å²) in [6.45, 7) is 4.91. The number of carbonyl (C=O) groups excluding carboxylic acids is 2. The van der Waals surface area contributed by atoms with E-state index in [1.165, 1.54) is 29.0 Å². The number of non-ortho nitro benzene ring substituents is 1. The van der Waals surface area contributed by atoms with Crippen LogP contribution in [0.5, 0.6) is 17.2 Å². The number of nitrogens with zero attached hydrogens (tertiary/aromatic N) is 7. The van der Waals surface area contributed by atoms with Gasteiger partial charge in [0.05, 0.1) is 71.0 Å². The fourth-order valence-electron chi connectivity index (χ4n) is 7.90. The molecule has 4 amide bonds. The number of ether oxygens (including phenoxy) is 3. The van der Waals surface area contributed by atoms with Crippen molar-refractivity contribution in [1.82, 2.24) is 0 Å². The Balaban J connectivity index is 1.50. The number of aryl methyl sites for hydroxylation is 2. The van der Waals surface area contributed by atoms with E-state index in [0.717, 1.165) is 22.3 Å². The van der Waals surface area contributed by atoms with Gasteiger partial charge in [0.1, 0.15) is 11.5 Å². The fraction of sp³-hybridized carbons (Fsp3) is 0.333. The maximum absolute atomic E-state index is 14.8. The van der Waals surface area contributed by atoms with Gasteiger partial charge in [-0.15, -0.1) is 0 Å². The lowest BCUT2D eigenvalue weighted by molar-refractivity contribution is -0.401. The van der Waals surface area contributed by atoms with Gasteiger partial charge in [-0.2, -0.15) is 11.8 Å². The first-order valence-corrected chi connectivity index (χ1v) is 19.6. The smallest absolute Gasteiger partial charge is 0.329 e. The fourth-order valence-corrected chi connectivity index (χ4v) is 8.87. The molecule has 4 aromatic carbocycles. The van der Waals surface area contributed by atoms with Crippen molar-refractivity contribution in [3.8, 4) is 17.2 Å². The molecule has 10 bridgehead atoms. The van der Waals surface area contributed by atoms with Crippen molar-refractivity contribution in [3.05, 3.63) is 101 Å². The number of fused-ring (bicyclic) bond motifs is 14. The molecule has 308 valence electrons. The van der Waals surface area contributed by atoms with E-state index in [1.807, 2.05) is 38.1 Å². The highest BCUT2D eigenvalue weighted by Crippen LogP contribution is 2.48. The number of methoxy groups -OCH3 is 3. The largest absolute Gasteiger partial charge is 0.494 e. The number of anilines is 6. The molecule has 0 saturated carbocycles. The van der Waals surface area contributed by atoms with Crippen LogP contribution in [0.4, 0.5) is 60.8 Å².